The second-order valence-corrected chi connectivity index (χ2v) is 6.36. The minimum atomic E-state index is -0.260. The lowest BCUT2D eigenvalue weighted by molar-refractivity contribution is 0.0827. The molecule has 0 atom stereocenters. The summed E-state index contributed by atoms with van der Waals surface area (Å²) in [7, 11) is 3.45. The molecule has 0 bridgehead atoms. The van der Waals surface area contributed by atoms with E-state index in [9.17, 15) is 9.18 Å². The van der Waals surface area contributed by atoms with Crippen molar-refractivity contribution < 1.29 is 13.9 Å². The van der Waals surface area contributed by atoms with Crippen molar-refractivity contribution in [2.75, 3.05) is 32.1 Å². The van der Waals surface area contributed by atoms with Gasteiger partial charge in [-0.3, -0.25) is 4.79 Å². The number of benzene rings is 1. The molecule has 5 nitrogen and oxygen atoms in total. The first-order chi connectivity index (χ1) is 12.0. The summed E-state index contributed by atoms with van der Waals surface area (Å²) >= 11 is 0. The highest BCUT2D eigenvalue weighted by Gasteiger charge is 2.21. The van der Waals surface area contributed by atoms with Gasteiger partial charge in [-0.2, -0.15) is 0 Å². The second-order valence-electron chi connectivity index (χ2n) is 6.36. The maximum Gasteiger partial charge on any atom is 0.254 e. The van der Waals surface area contributed by atoms with E-state index in [0.29, 0.717) is 11.3 Å². The molecule has 0 spiro atoms. The maximum absolute atomic E-state index is 12.9. The van der Waals surface area contributed by atoms with E-state index in [1.807, 2.05) is 12.1 Å². The lowest BCUT2D eigenvalue weighted by atomic mass is 10.1. The van der Waals surface area contributed by atoms with Crippen molar-refractivity contribution in [2.24, 2.45) is 0 Å². The van der Waals surface area contributed by atoms with Gasteiger partial charge in [-0.05, 0) is 36.4 Å². The number of pyridine rings is 1. The molecule has 1 aliphatic heterocycles. The minimum Gasteiger partial charge on any atom is -0.490 e. The normalized spacial score (nSPS) is 15.1. The van der Waals surface area contributed by atoms with Gasteiger partial charge >= 0.3 is 0 Å². The Morgan fingerprint density at radius 2 is 1.84 bits per heavy atom. The average Bonchev–Trinajstić information content (AvgIpc) is 2.64. The Balaban J connectivity index is 1.55. The van der Waals surface area contributed by atoms with Crippen LogP contribution in [0.4, 0.5) is 10.2 Å². The van der Waals surface area contributed by atoms with Crippen LogP contribution in [0.15, 0.2) is 42.6 Å². The van der Waals surface area contributed by atoms with Gasteiger partial charge in [0.2, 0.25) is 0 Å². The highest BCUT2D eigenvalue weighted by molar-refractivity contribution is 5.93. The Kier molecular flexibility index (Phi) is 5.16. The van der Waals surface area contributed by atoms with Crippen molar-refractivity contribution in [2.45, 2.75) is 18.9 Å². The summed E-state index contributed by atoms with van der Waals surface area (Å²) in [5, 5.41) is 0. The van der Waals surface area contributed by atoms with Gasteiger partial charge in [0.05, 0.1) is 5.56 Å². The molecule has 0 aliphatic carbocycles. The Morgan fingerprint density at radius 3 is 2.40 bits per heavy atom. The Hall–Kier alpha value is -2.63. The molecule has 1 aromatic heterocycles. The molecule has 1 amide bonds. The monoisotopic (exact) mass is 343 g/mol. The summed E-state index contributed by atoms with van der Waals surface area (Å²) < 4.78 is 18.8. The van der Waals surface area contributed by atoms with E-state index in [1.54, 1.807) is 32.4 Å². The smallest absolute Gasteiger partial charge is 0.254 e. The molecule has 0 unspecified atom stereocenters. The summed E-state index contributed by atoms with van der Waals surface area (Å²) in [5.41, 5.74) is 0.586. The van der Waals surface area contributed by atoms with Crippen LogP contribution in [0, 0.1) is 5.82 Å². The standard InChI is InChI=1S/C19H22FN3O2/c1-22(2)19(24)14-3-8-18(21-13-14)23-11-9-17(10-12-23)25-16-6-4-15(20)5-7-16/h3-8,13,17H,9-12H2,1-2H3. The van der Waals surface area contributed by atoms with Crippen molar-refractivity contribution in [3.05, 3.63) is 54.0 Å². The molecule has 6 heteroatoms. The maximum atomic E-state index is 12.9. The number of hydrogen-bond donors (Lipinski definition) is 0. The number of rotatable bonds is 4. The summed E-state index contributed by atoms with van der Waals surface area (Å²) in [5.74, 6) is 1.26. The summed E-state index contributed by atoms with van der Waals surface area (Å²) in [4.78, 5) is 20.0. The molecule has 1 aliphatic rings. The van der Waals surface area contributed by atoms with Gasteiger partial charge < -0.3 is 14.5 Å². The lowest BCUT2D eigenvalue weighted by Crippen LogP contribution is -2.38. The first kappa shape index (κ1) is 17.2. The molecule has 1 fully saturated rings. The number of halogens is 1. The number of anilines is 1. The summed E-state index contributed by atoms with van der Waals surface area (Å²) in [6.45, 7) is 1.67. The van der Waals surface area contributed by atoms with Crippen LogP contribution >= 0.6 is 0 Å². The lowest BCUT2D eigenvalue weighted by Gasteiger charge is -2.33. The SMILES string of the molecule is CN(C)C(=O)c1ccc(N2CCC(Oc3ccc(F)cc3)CC2)nc1. The summed E-state index contributed by atoms with van der Waals surface area (Å²) in [6, 6.07) is 9.83. The van der Waals surface area contributed by atoms with E-state index in [-0.39, 0.29) is 17.8 Å². The van der Waals surface area contributed by atoms with Gasteiger partial charge in [0, 0.05) is 46.2 Å². The molecule has 132 valence electrons. The average molecular weight is 343 g/mol. The van der Waals surface area contributed by atoms with Crippen molar-refractivity contribution in [3.8, 4) is 5.75 Å². The topological polar surface area (TPSA) is 45.7 Å². The zero-order valence-electron chi connectivity index (χ0n) is 14.5. The fraction of sp³-hybridized carbons (Fsp3) is 0.368. The van der Waals surface area contributed by atoms with Crippen molar-refractivity contribution >= 4 is 11.7 Å². The fourth-order valence-corrected chi connectivity index (χ4v) is 2.87. The molecule has 1 aromatic carbocycles. The van der Waals surface area contributed by atoms with Crippen molar-refractivity contribution in [3.63, 3.8) is 0 Å². The quantitative estimate of drug-likeness (QED) is 0.856. The van der Waals surface area contributed by atoms with E-state index in [1.165, 1.54) is 17.0 Å². The third-order valence-corrected chi connectivity index (χ3v) is 4.28. The molecular formula is C19H22FN3O2. The second kappa shape index (κ2) is 7.51. The highest BCUT2D eigenvalue weighted by atomic mass is 19.1. The van der Waals surface area contributed by atoms with Gasteiger partial charge in [0.25, 0.3) is 5.91 Å². The number of aromatic nitrogens is 1. The molecular weight excluding hydrogens is 321 g/mol. The molecule has 0 N–H and O–H groups in total. The van der Waals surface area contributed by atoms with Crippen molar-refractivity contribution in [1.82, 2.24) is 9.88 Å². The van der Waals surface area contributed by atoms with E-state index in [2.05, 4.69) is 9.88 Å². The number of amides is 1. The van der Waals surface area contributed by atoms with E-state index < -0.39 is 0 Å². The highest BCUT2D eigenvalue weighted by Crippen LogP contribution is 2.22. The van der Waals surface area contributed by atoms with Crippen LogP contribution in [0.2, 0.25) is 0 Å². The Labute approximate surface area is 147 Å². The number of nitrogens with zero attached hydrogens (tertiary/aromatic N) is 3. The third-order valence-electron chi connectivity index (χ3n) is 4.28. The predicted molar refractivity (Wildman–Crippen MR) is 94.5 cm³/mol. The first-order valence-corrected chi connectivity index (χ1v) is 8.38. The molecule has 25 heavy (non-hydrogen) atoms. The van der Waals surface area contributed by atoms with Gasteiger partial charge in [0.15, 0.2) is 0 Å². The molecule has 2 aromatic rings. The number of carbonyl (C=O) groups is 1. The number of piperidine rings is 1. The van der Waals surface area contributed by atoms with Crippen LogP contribution in [-0.4, -0.2) is 49.1 Å². The van der Waals surface area contributed by atoms with E-state index >= 15 is 0 Å². The van der Waals surface area contributed by atoms with Crippen LogP contribution in [0.1, 0.15) is 23.2 Å². The van der Waals surface area contributed by atoms with E-state index in [4.69, 9.17) is 4.74 Å². The zero-order chi connectivity index (χ0) is 17.8. The molecule has 0 saturated carbocycles. The van der Waals surface area contributed by atoms with Crippen LogP contribution in [0.5, 0.6) is 5.75 Å². The van der Waals surface area contributed by atoms with Crippen LogP contribution in [0.25, 0.3) is 0 Å². The van der Waals surface area contributed by atoms with E-state index in [0.717, 1.165) is 31.7 Å². The Bertz CT molecular complexity index is 708. The van der Waals surface area contributed by atoms with Gasteiger partial charge in [-0.25, -0.2) is 9.37 Å². The van der Waals surface area contributed by atoms with Crippen molar-refractivity contribution in [1.29, 1.82) is 0 Å². The molecule has 0 radical (unpaired) electrons. The van der Waals surface area contributed by atoms with Gasteiger partial charge in [-0.15, -0.1) is 0 Å². The zero-order valence-corrected chi connectivity index (χ0v) is 14.5. The number of carbonyl (C=O) groups excluding carboxylic acids is 1. The third kappa shape index (κ3) is 4.26. The van der Waals surface area contributed by atoms with Crippen LogP contribution < -0.4 is 9.64 Å². The number of ether oxygens (including phenoxy) is 1. The van der Waals surface area contributed by atoms with Gasteiger partial charge in [0.1, 0.15) is 23.5 Å². The predicted octanol–water partition coefficient (Wildman–Crippen LogP) is 2.97. The van der Waals surface area contributed by atoms with Crippen LogP contribution in [-0.2, 0) is 0 Å². The largest absolute Gasteiger partial charge is 0.490 e. The van der Waals surface area contributed by atoms with Gasteiger partial charge in [-0.1, -0.05) is 0 Å². The Morgan fingerprint density at radius 1 is 1.16 bits per heavy atom. The number of hydrogen-bond acceptors (Lipinski definition) is 4. The van der Waals surface area contributed by atoms with Crippen LogP contribution in [0.3, 0.4) is 0 Å². The minimum absolute atomic E-state index is 0.0505. The summed E-state index contributed by atoms with van der Waals surface area (Å²) in [6.07, 6.45) is 3.49. The fourth-order valence-electron chi connectivity index (χ4n) is 2.87. The molecule has 1 saturated heterocycles. The molecule has 3 rings (SSSR count). The first-order valence-electron chi connectivity index (χ1n) is 8.38. The molecule has 2 heterocycles.